The molecule has 5 heteroatoms. The first kappa shape index (κ1) is 13.6. The second-order valence-corrected chi connectivity index (χ2v) is 5.77. The molecule has 0 amide bonds. The molecule has 0 N–H and O–H groups in total. The topological polar surface area (TPSA) is 47.9 Å². The van der Waals surface area contributed by atoms with Crippen LogP contribution in [-0.4, -0.2) is 25.4 Å². The lowest BCUT2D eigenvalue weighted by atomic mass is 9.89. The Balaban J connectivity index is 1.86. The van der Waals surface area contributed by atoms with Gasteiger partial charge in [-0.05, 0) is 30.5 Å². The van der Waals surface area contributed by atoms with Crippen molar-refractivity contribution in [3.05, 3.63) is 28.8 Å². The highest BCUT2D eigenvalue weighted by Gasteiger charge is 2.36. The van der Waals surface area contributed by atoms with Crippen molar-refractivity contribution in [2.75, 3.05) is 13.2 Å². The summed E-state index contributed by atoms with van der Waals surface area (Å²) in [7, 11) is 0. The number of halogens is 1. The molecule has 0 aromatic heterocycles. The van der Waals surface area contributed by atoms with E-state index in [-0.39, 0.29) is 6.10 Å². The quantitative estimate of drug-likeness (QED) is 0.632. The van der Waals surface area contributed by atoms with Crippen LogP contribution in [0.2, 0.25) is 5.02 Å². The largest absolute Gasteiger partial charge is 0.484 e. The van der Waals surface area contributed by atoms with Gasteiger partial charge in [0.05, 0.1) is 23.8 Å². The summed E-state index contributed by atoms with van der Waals surface area (Å²) in [6.45, 7) is 1.22. The van der Waals surface area contributed by atoms with Crippen molar-refractivity contribution in [3.8, 4) is 5.75 Å². The summed E-state index contributed by atoms with van der Waals surface area (Å²) in [4.78, 5) is 14.8. The maximum Gasteiger partial charge on any atom is 0.235 e. The zero-order valence-electron chi connectivity index (χ0n) is 11.1. The number of isocyanates is 1. The second kappa shape index (κ2) is 5.57. The van der Waals surface area contributed by atoms with E-state index in [0.717, 1.165) is 31.2 Å². The first-order valence-corrected chi connectivity index (χ1v) is 7.25. The highest BCUT2D eigenvalue weighted by molar-refractivity contribution is 6.32. The average molecular weight is 294 g/mol. The molecule has 1 aromatic carbocycles. The zero-order valence-corrected chi connectivity index (χ0v) is 11.9. The van der Waals surface area contributed by atoms with Crippen molar-refractivity contribution in [1.82, 2.24) is 0 Å². The van der Waals surface area contributed by atoms with Crippen LogP contribution in [0.25, 0.3) is 0 Å². The molecule has 20 heavy (non-hydrogen) atoms. The Morgan fingerprint density at radius 1 is 1.35 bits per heavy atom. The number of ether oxygens (including phenoxy) is 2. The molecule has 0 radical (unpaired) electrons. The van der Waals surface area contributed by atoms with E-state index in [0.29, 0.717) is 24.0 Å². The molecule has 1 heterocycles. The number of hydrogen-bond donors (Lipinski definition) is 0. The van der Waals surface area contributed by atoms with Gasteiger partial charge in [-0.2, -0.15) is 4.99 Å². The fourth-order valence-electron chi connectivity index (χ4n) is 2.86. The molecule has 4 nitrogen and oxygen atoms in total. The molecule has 0 atom stereocenters. The van der Waals surface area contributed by atoms with Crippen LogP contribution < -0.4 is 4.74 Å². The molecule has 0 spiro atoms. The van der Waals surface area contributed by atoms with E-state index >= 15 is 0 Å². The maximum atomic E-state index is 10.7. The Hall–Kier alpha value is -1.35. The SMILES string of the molecule is O=C=NC1(c2ccc(OC3COC3)c(Cl)c2)CCCC1. The molecular weight excluding hydrogens is 278 g/mol. The third kappa shape index (κ3) is 2.47. The lowest BCUT2D eigenvalue weighted by Gasteiger charge is -2.28. The molecule has 0 bridgehead atoms. The summed E-state index contributed by atoms with van der Waals surface area (Å²) in [6, 6.07) is 5.67. The Labute approximate surface area is 122 Å². The number of nitrogens with zero attached hydrogens (tertiary/aromatic N) is 1. The molecule has 2 fully saturated rings. The van der Waals surface area contributed by atoms with Crippen molar-refractivity contribution < 1.29 is 14.3 Å². The van der Waals surface area contributed by atoms with Gasteiger partial charge in [0.2, 0.25) is 6.08 Å². The van der Waals surface area contributed by atoms with Gasteiger partial charge in [0.15, 0.2) is 0 Å². The summed E-state index contributed by atoms with van der Waals surface area (Å²) in [5, 5.41) is 0.557. The lowest BCUT2D eigenvalue weighted by molar-refractivity contribution is -0.0796. The van der Waals surface area contributed by atoms with Gasteiger partial charge in [0.1, 0.15) is 11.9 Å². The summed E-state index contributed by atoms with van der Waals surface area (Å²) < 4.78 is 10.8. The highest BCUT2D eigenvalue weighted by atomic mass is 35.5. The molecule has 1 aliphatic carbocycles. The lowest BCUT2D eigenvalue weighted by Crippen LogP contribution is -2.38. The molecule has 1 aliphatic heterocycles. The summed E-state index contributed by atoms with van der Waals surface area (Å²) in [6.07, 6.45) is 5.69. The molecule has 106 valence electrons. The predicted molar refractivity (Wildman–Crippen MR) is 75.0 cm³/mol. The van der Waals surface area contributed by atoms with Gasteiger partial charge in [-0.25, -0.2) is 4.79 Å². The molecule has 1 aromatic rings. The standard InChI is InChI=1S/C15H16ClNO3/c16-13-7-11(15(17-10-18)5-1-2-6-15)3-4-14(13)20-12-8-19-9-12/h3-4,7,12H,1-2,5-6,8-9H2. The van der Waals surface area contributed by atoms with E-state index in [9.17, 15) is 4.79 Å². The minimum atomic E-state index is -0.441. The Bertz CT molecular complexity index is 544. The van der Waals surface area contributed by atoms with Crippen LogP contribution >= 0.6 is 11.6 Å². The van der Waals surface area contributed by atoms with Gasteiger partial charge >= 0.3 is 0 Å². The molecule has 0 unspecified atom stereocenters. The zero-order chi connectivity index (χ0) is 14.0. The maximum absolute atomic E-state index is 10.7. The van der Waals surface area contributed by atoms with Crippen LogP contribution in [0.3, 0.4) is 0 Å². The number of hydrogen-bond acceptors (Lipinski definition) is 4. The van der Waals surface area contributed by atoms with Crippen molar-refractivity contribution in [3.63, 3.8) is 0 Å². The number of aliphatic imine (C=N–C) groups is 1. The van der Waals surface area contributed by atoms with Crippen molar-refractivity contribution in [2.24, 2.45) is 4.99 Å². The van der Waals surface area contributed by atoms with E-state index in [2.05, 4.69) is 4.99 Å². The van der Waals surface area contributed by atoms with Gasteiger partial charge in [-0.1, -0.05) is 30.5 Å². The molecular formula is C15H16ClNO3. The first-order valence-electron chi connectivity index (χ1n) is 6.87. The third-order valence-corrected chi connectivity index (χ3v) is 4.36. The normalized spacial score (nSPS) is 21.1. The predicted octanol–water partition coefficient (Wildman–Crippen LogP) is 3.22. The Kier molecular flexibility index (Phi) is 3.79. The van der Waals surface area contributed by atoms with Crippen LogP contribution in [0, 0.1) is 0 Å². The van der Waals surface area contributed by atoms with E-state index in [1.807, 2.05) is 18.2 Å². The van der Waals surface area contributed by atoms with Crippen molar-refractivity contribution >= 4 is 17.7 Å². The van der Waals surface area contributed by atoms with Crippen LogP contribution in [0.5, 0.6) is 5.75 Å². The third-order valence-electron chi connectivity index (χ3n) is 4.06. The van der Waals surface area contributed by atoms with Gasteiger partial charge in [0, 0.05) is 0 Å². The Morgan fingerprint density at radius 2 is 2.10 bits per heavy atom. The average Bonchev–Trinajstić information content (AvgIpc) is 2.85. The summed E-state index contributed by atoms with van der Waals surface area (Å²) >= 11 is 6.29. The van der Waals surface area contributed by atoms with Crippen LogP contribution in [0.15, 0.2) is 23.2 Å². The van der Waals surface area contributed by atoms with Crippen LogP contribution in [0.4, 0.5) is 0 Å². The first-order chi connectivity index (χ1) is 9.73. The van der Waals surface area contributed by atoms with Gasteiger partial charge < -0.3 is 9.47 Å². The van der Waals surface area contributed by atoms with Crippen molar-refractivity contribution in [1.29, 1.82) is 0 Å². The monoisotopic (exact) mass is 293 g/mol. The summed E-state index contributed by atoms with van der Waals surface area (Å²) in [5.74, 6) is 0.659. The van der Waals surface area contributed by atoms with Crippen LogP contribution in [0.1, 0.15) is 31.2 Å². The molecule has 1 saturated carbocycles. The van der Waals surface area contributed by atoms with Crippen molar-refractivity contribution in [2.45, 2.75) is 37.3 Å². The van der Waals surface area contributed by atoms with E-state index in [1.165, 1.54) is 0 Å². The number of benzene rings is 1. The van der Waals surface area contributed by atoms with Gasteiger partial charge in [-0.15, -0.1) is 0 Å². The Morgan fingerprint density at radius 3 is 2.65 bits per heavy atom. The fourth-order valence-corrected chi connectivity index (χ4v) is 3.08. The van der Waals surface area contributed by atoms with Gasteiger partial charge in [0.25, 0.3) is 0 Å². The second-order valence-electron chi connectivity index (χ2n) is 5.36. The van der Waals surface area contributed by atoms with E-state index in [1.54, 1.807) is 6.08 Å². The number of rotatable bonds is 4. The smallest absolute Gasteiger partial charge is 0.235 e. The van der Waals surface area contributed by atoms with Crippen LogP contribution in [-0.2, 0) is 15.1 Å². The molecule has 3 rings (SSSR count). The molecule has 1 saturated heterocycles. The van der Waals surface area contributed by atoms with Gasteiger partial charge in [-0.3, -0.25) is 0 Å². The minimum absolute atomic E-state index is 0.0896. The summed E-state index contributed by atoms with van der Waals surface area (Å²) in [5.41, 5.74) is 0.532. The highest BCUT2D eigenvalue weighted by Crippen LogP contribution is 2.44. The number of carbonyl (C=O) groups excluding carboxylic acids is 1. The molecule has 2 aliphatic rings. The minimum Gasteiger partial charge on any atom is -0.484 e. The fraction of sp³-hybridized carbons (Fsp3) is 0.533. The van der Waals surface area contributed by atoms with E-state index in [4.69, 9.17) is 21.1 Å². The van der Waals surface area contributed by atoms with E-state index < -0.39 is 5.54 Å².